The Hall–Kier alpha value is -1.26. The van der Waals surface area contributed by atoms with Gasteiger partial charge in [0.15, 0.2) is 0 Å². The summed E-state index contributed by atoms with van der Waals surface area (Å²) in [4.78, 5) is 14.2. The van der Waals surface area contributed by atoms with E-state index in [1.165, 1.54) is 0 Å². The van der Waals surface area contributed by atoms with Crippen molar-refractivity contribution in [1.82, 2.24) is 4.90 Å². The smallest absolute Gasteiger partial charge is 0.253 e. The molecule has 1 aliphatic heterocycles. The van der Waals surface area contributed by atoms with E-state index in [9.17, 15) is 4.79 Å². The van der Waals surface area contributed by atoms with Gasteiger partial charge in [-0.1, -0.05) is 35.3 Å². The van der Waals surface area contributed by atoms with Crippen LogP contribution in [0.4, 0.5) is 0 Å². The first-order chi connectivity index (χ1) is 9.56. The number of hydrogen-bond acceptors (Lipinski definition) is 3. The van der Waals surface area contributed by atoms with E-state index in [-0.39, 0.29) is 11.8 Å². The van der Waals surface area contributed by atoms with Crippen LogP contribution in [0.1, 0.15) is 30.1 Å². The highest BCUT2D eigenvalue weighted by Gasteiger charge is 2.28. The molecule has 1 fully saturated rings. The molecule has 1 aromatic rings. The van der Waals surface area contributed by atoms with Crippen LogP contribution in [-0.2, 0) is 0 Å². The largest absolute Gasteiger partial charge is 0.411 e. The van der Waals surface area contributed by atoms with Crippen LogP contribution < -0.4 is 0 Å². The SMILES string of the molecule is CCC1CN(C(=O)c2ccc(Cl)c(Cl)c2)CC/C1=N\O. The first-order valence-electron chi connectivity index (χ1n) is 6.52. The topological polar surface area (TPSA) is 52.9 Å². The molecule has 1 atom stereocenters. The Balaban J connectivity index is 2.15. The zero-order valence-electron chi connectivity index (χ0n) is 11.1. The Bertz CT molecular complexity index is 546. The number of rotatable bonds is 2. The minimum atomic E-state index is -0.0704. The number of piperidine rings is 1. The summed E-state index contributed by atoms with van der Waals surface area (Å²) in [6.45, 7) is 3.13. The Morgan fingerprint density at radius 1 is 1.45 bits per heavy atom. The fourth-order valence-electron chi connectivity index (χ4n) is 2.41. The molecule has 6 heteroatoms. The molecule has 1 heterocycles. The third-order valence-corrected chi connectivity index (χ3v) is 4.36. The second kappa shape index (κ2) is 6.46. The van der Waals surface area contributed by atoms with Crippen LogP contribution in [0.25, 0.3) is 0 Å². The molecule has 0 bridgehead atoms. The molecule has 0 saturated carbocycles. The molecule has 0 aliphatic carbocycles. The van der Waals surface area contributed by atoms with Crippen LogP contribution in [-0.4, -0.2) is 34.8 Å². The normalized spacial score (nSPS) is 21.2. The Morgan fingerprint density at radius 2 is 2.20 bits per heavy atom. The summed E-state index contributed by atoms with van der Waals surface area (Å²) >= 11 is 11.8. The number of carbonyl (C=O) groups excluding carboxylic acids is 1. The molecule has 1 aliphatic rings. The van der Waals surface area contributed by atoms with Crippen LogP contribution in [0.15, 0.2) is 23.4 Å². The van der Waals surface area contributed by atoms with Crippen molar-refractivity contribution in [2.45, 2.75) is 19.8 Å². The number of amides is 1. The standard InChI is InChI=1S/C14H16Cl2N2O2/c1-2-9-8-18(6-5-13(9)17-20)14(19)10-3-4-11(15)12(16)7-10/h3-4,7,9,20H,2,5-6,8H2,1H3/b17-13+. The van der Waals surface area contributed by atoms with Crippen LogP contribution in [0.3, 0.4) is 0 Å². The van der Waals surface area contributed by atoms with Crippen LogP contribution >= 0.6 is 23.2 Å². The number of hydrogen-bond donors (Lipinski definition) is 1. The van der Waals surface area contributed by atoms with E-state index in [1.807, 2.05) is 6.92 Å². The van der Waals surface area contributed by atoms with Crippen LogP contribution in [0.2, 0.25) is 10.0 Å². The summed E-state index contributed by atoms with van der Waals surface area (Å²) in [6.07, 6.45) is 1.44. The molecule has 1 N–H and O–H groups in total. The maximum atomic E-state index is 12.4. The molecule has 1 aromatic carbocycles. The van der Waals surface area contributed by atoms with E-state index >= 15 is 0 Å². The second-order valence-corrected chi connectivity index (χ2v) is 5.64. The summed E-state index contributed by atoms with van der Waals surface area (Å²) in [5.74, 6) is 0.0412. The van der Waals surface area contributed by atoms with Gasteiger partial charge in [-0.2, -0.15) is 0 Å². The number of carbonyl (C=O) groups is 1. The second-order valence-electron chi connectivity index (χ2n) is 4.83. The van der Waals surface area contributed by atoms with E-state index in [0.717, 1.165) is 12.1 Å². The molecule has 1 saturated heterocycles. The van der Waals surface area contributed by atoms with Gasteiger partial charge in [-0.05, 0) is 24.6 Å². The molecule has 0 spiro atoms. The molecular formula is C14H16Cl2N2O2. The van der Waals surface area contributed by atoms with Gasteiger partial charge >= 0.3 is 0 Å². The summed E-state index contributed by atoms with van der Waals surface area (Å²) < 4.78 is 0. The highest BCUT2D eigenvalue weighted by atomic mass is 35.5. The van der Waals surface area contributed by atoms with Gasteiger partial charge in [0, 0.05) is 31.0 Å². The Labute approximate surface area is 128 Å². The number of oxime groups is 1. The Kier molecular flexibility index (Phi) is 4.89. The van der Waals surface area contributed by atoms with E-state index in [4.69, 9.17) is 28.4 Å². The van der Waals surface area contributed by atoms with Gasteiger partial charge in [-0.15, -0.1) is 0 Å². The van der Waals surface area contributed by atoms with E-state index in [2.05, 4.69) is 5.16 Å². The van der Waals surface area contributed by atoms with E-state index < -0.39 is 0 Å². The number of benzene rings is 1. The molecule has 1 unspecified atom stereocenters. The fraction of sp³-hybridized carbons (Fsp3) is 0.429. The molecule has 0 radical (unpaired) electrons. The summed E-state index contributed by atoms with van der Waals surface area (Å²) in [6, 6.07) is 4.88. The molecule has 1 amide bonds. The summed E-state index contributed by atoms with van der Waals surface area (Å²) in [5, 5.41) is 13.1. The number of nitrogens with zero attached hydrogens (tertiary/aromatic N) is 2. The maximum absolute atomic E-state index is 12.4. The van der Waals surface area contributed by atoms with Crippen molar-refractivity contribution in [3.8, 4) is 0 Å². The fourth-order valence-corrected chi connectivity index (χ4v) is 2.71. The lowest BCUT2D eigenvalue weighted by atomic mass is 9.93. The van der Waals surface area contributed by atoms with Gasteiger partial charge in [-0.25, -0.2) is 0 Å². The van der Waals surface area contributed by atoms with Gasteiger partial charge in [0.1, 0.15) is 0 Å². The lowest BCUT2D eigenvalue weighted by Crippen LogP contribution is -2.44. The monoisotopic (exact) mass is 314 g/mol. The first-order valence-corrected chi connectivity index (χ1v) is 7.27. The molecule has 2 rings (SSSR count). The molecule has 20 heavy (non-hydrogen) atoms. The van der Waals surface area contributed by atoms with Gasteiger partial charge in [0.25, 0.3) is 5.91 Å². The van der Waals surface area contributed by atoms with Crippen molar-refractivity contribution in [3.05, 3.63) is 33.8 Å². The van der Waals surface area contributed by atoms with Gasteiger partial charge < -0.3 is 10.1 Å². The minimum absolute atomic E-state index is 0.0704. The molecular weight excluding hydrogens is 299 g/mol. The number of likely N-dealkylation sites (tertiary alicyclic amines) is 1. The predicted molar refractivity (Wildman–Crippen MR) is 80.0 cm³/mol. The lowest BCUT2D eigenvalue weighted by Gasteiger charge is -2.33. The highest BCUT2D eigenvalue weighted by molar-refractivity contribution is 6.42. The Morgan fingerprint density at radius 3 is 2.80 bits per heavy atom. The van der Waals surface area contributed by atoms with Crippen molar-refractivity contribution in [3.63, 3.8) is 0 Å². The van der Waals surface area contributed by atoms with E-state index in [1.54, 1.807) is 23.1 Å². The minimum Gasteiger partial charge on any atom is -0.411 e. The third kappa shape index (κ3) is 3.07. The van der Waals surface area contributed by atoms with Gasteiger partial charge in [-0.3, -0.25) is 4.79 Å². The van der Waals surface area contributed by atoms with Crippen molar-refractivity contribution >= 4 is 34.8 Å². The average Bonchev–Trinajstić information content (AvgIpc) is 2.48. The van der Waals surface area contributed by atoms with Crippen molar-refractivity contribution in [1.29, 1.82) is 0 Å². The highest BCUT2D eigenvalue weighted by Crippen LogP contribution is 2.25. The van der Waals surface area contributed by atoms with Crippen LogP contribution in [0.5, 0.6) is 0 Å². The van der Waals surface area contributed by atoms with Crippen molar-refractivity contribution in [2.24, 2.45) is 11.1 Å². The first kappa shape index (κ1) is 15.1. The van der Waals surface area contributed by atoms with Gasteiger partial charge in [0.05, 0.1) is 15.8 Å². The number of halogens is 2. The van der Waals surface area contributed by atoms with Crippen molar-refractivity contribution in [2.75, 3.05) is 13.1 Å². The lowest BCUT2D eigenvalue weighted by molar-refractivity contribution is 0.0729. The quantitative estimate of drug-likeness (QED) is 0.668. The van der Waals surface area contributed by atoms with Crippen LogP contribution in [0, 0.1) is 5.92 Å². The summed E-state index contributed by atoms with van der Waals surface area (Å²) in [5.41, 5.74) is 1.30. The third-order valence-electron chi connectivity index (χ3n) is 3.62. The molecule has 4 nitrogen and oxygen atoms in total. The van der Waals surface area contributed by atoms with Gasteiger partial charge in [0.2, 0.25) is 0 Å². The average molecular weight is 315 g/mol. The van der Waals surface area contributed by atoms with E-state index in [0.29, 0.717) is 35.1 Å². The van der Waals surface area contributed by atoms with Crippen molar-refractivity contribution < 1.29 is 10.0 Å². The summed E-state index contributed by atoms with van der Waals surface area (Å²) in [7, 11) is 0. The predicted octanol–water partition coefficient (Wildman–Crippen LogP) is 3.70. The maximum Gasteiger partial charge on any atom is 0.253 e. The zero-order chi connectivity index (χ0) is 14.7. The zero-order valence-corrected chi connectivity index (χ0v) is 12.7. The molecule has 0 aromatic heterocycles. The molecule has 108 valence electrons.